The quantitative estimate of drug-likeness (QED) is 0.309. The van der Waals surface area contributed by atoms with Crippen molar-refractivity contribution in [3.63, 3.8) is 0 Å². The standard InChI is InChI=1S/C28H33FN4O5/c1-17(34)38-25(15-19(26(30)35)11-12-28(2,3)37)23(14-18-7-6-8-20(29)13-18)33-27(36)24-16-31-21-9-4-5-10-22(21)32-24/h4-10,13,16,19,23,25,37H,11-12,14-15H2,1-3H3,(H2,30,35)(H,33,36)/t19?,23-,25?/m0/s1. The summed E-state index contributed by atoms with van der Waals surface area (Å²) in [5.74, 6) is -3.03. The van der Waals surface area contributed by atoms with E-state index in [1.807, 2.05) is 6.07 Å². The zero-order valence-corrected chi connectivity index (χ0v) is 21.7. The lowest BCUT2D eigenvalue weighted by Crippen LogP contribution is -2.48. The zero-order chi connectivity index (χ0) is 27.9. The van der Waals surface area contributed by atoms with E-state index in [0.717, 1.165) is 0 Å². The maximum Gasteiger partial charge on any atom is 0.302 e. The van der Waals surface area contributed by atoms with Crippen LogP contribution in [0.2, 0.25) is 0 Å². The lowest BCUT2D eigenvalue weighted by Gasteiger charge is -2.30. The first-order chi connectivity index (χ1) is 17.9. The fourth-order valence-corrected chi connectivity index (χ4v) is 4.19. The molecule has 0 fully saturated rings. The van der Waals surface area contributed by atoms with Crippen LogP contribution in [0, 0.1) is 11.7 Å². The van der Waals surface area contributed by atoms with Crippen molar-refractivity contribution in [2.45, 2.75) is 64.2 Å². The van der Waals surface area contributed by atoms with Gasteiger partial charge in [-0.15, -0.1) is 0 Å². The average molecular weight is 525 g/mol. The molecule has 0 radical (unpaired) electrons. The van der Waals surface area contributed by atoms with Crippen LogP contribution < -0.4 is 11.1 Å². The molecule has 3 atom stereocenters. The lowest BCUT2D eigenvalue weighted by molar-refractivity contribution is -0.149. The van der Waals surface area contributed by atoms with Crippen molar-refractivity contribution in [3.8, 4) is 0 Å². The molecule has 0 aliphatic carbocycles. The van der Waals surface area contributed by atoms with Gasteiger partial charge in [-0.05, 0) is 69.4 Å². The number of hydrogen-bond acceptors (Lipinski definition) is 7. The second-order valence-electron chi connectivity index (χ2n) is 9.99. The van der Waals surface area contributed by atoms with Crippen molar-refractivity contribution < 1.29 is 28.6 Å². The third-order valence-electron chi connectivity index (χ3n) is 6.13. The van der Waals surface area contributed by atoms with Crippen LogP contribution in [-0.4, -0.2) is 50.6 Å². The van der Waals surface area contributed by atoms with Gasteiger partial charge in [0.1, 0.15) is 17.6 Å². The van der Waals surface area contributed by atoms with E-state index in [9.17, 15) is 23.9 Å². The molecule has 1 heterocycles. The van der Waals surface area contributed by atoms with Gasteiger partial charge in [0.25, 0.3) is 5.91 Å². The predicted octanol–water partition coefficient (Wildman–Crippen LogP) is 3.08. The highest BCUT2D eigenvalue weighted by Gasteiger charge is 2.32. The number of rotatable bonds is 12. The summed E-state index contributed by atoms with van der Waals surface area (Å²) in [7, 11) is 0. The average Bonchev–Trinajstić information content (AvgIpc) is 2.84. The highest BCUT2D eigenvalue weighted by atomic mass is 19.1. The van der Waals surface area contributed by atoms with Crippen molar-refractivity contribution in [1.29, 1.82) is 0 Å². The third-order valence-corrected chi connectivity index (χ3v) is 6.13. The highest BCUT2D eigenvalue weighted by Crippen LogP contribution is 2.24. The minimum atomic E-state index is -1.03. The van der Waals surface area contributed by atoms with E-state index in [1.165, 1.54) is 31.3 Å². The van der Waals surface area contributed by atoms with E-state index in [2.05, 4.69) is 15.3 Å². The second kappa shape index (κ2) is 12.6. The van der Waals surface area contributed by atoms with Gasteiger partial charge in [-0.3, -0.25) is 19.4 Å². The van der Waals surface area contributed by atoms with Gasteiger partial charge < -0.3 is 20.9 Å². The number of fused-ring (bicyclic) bond motifs is 1. The topological polar surface area (TPSA) is 144 Å². The van der Waals surface area contributed by atoms with Crippen molar-refractivity contribution in [1.82, 2.24) is 15.3 Å². The van der Waals surface area contributed by atoms with Crippen molar-refractivity contribution in [2.75, 3.05) is 0 Å². The van der Waals surface area contributed by atoms with Crippen molar-refractivity contribution in [2.24, 2.45) is 11.7 Å². The third kappa shape index (κ3) is 8.58. The largest absolute Gasteiger partial charge is 0.460 e. The molecule has 10 heteroatoms. The first kappa shape index (κ1) is 28.6. The van der Waals surface area contributed by atoms with E-state index >= 15 is 0 Å². The SMILES string of the molecule is CC(=O)OC(CC(CCC(C)(C)O)C(N)=O)[C@H](Cc1cccc(F)c1)NC(=O)c1cnc2ccccc2n1. The number of aliphatic hydroxyl groups is 1. The number of nitrogens with one attached hydrogen (secondary N) is 1. The van der Waals surface area contributed by atoms with Gasteiger partial charge in [-0.1, -0.05) is 24.3 Å². The van der Waals surface area contributed by atoms with Crippen LogP contribution >= 0.6 is 0 Å². The Morgan fingerprint density at radius 1 is 1.13 bits per heavy atom. The number of ether oxygens (including phenoxy) is 1. The number of esters is 1. The van der Waals surface area contributed by atoms with E-state index in [0.29, 0.717) is 16.6 Å². The summed E-state index contributed by atoms with van der Waals surface area (Å²) < 4.78 is 19.5. The summed E-state index contributed by atoms with van der Waals surface area (Å²) in [5, 5.41) is 13.0. The van der Waals surface area contributed by atoms with Crippen LogP contribution in [0.5, 0.6) is 0 Å². The molecule has 0 aliphatic rings. The summed E-state index contributed by atoms with van der Waals surface area (Å²) in [6.45, 7) is 4.46. The molecule has 3 aromatic rings. The van der Waals surface area contributed by atoms with E-state index < -0.39 is 47.3 Å². The number of nitrogens with two attached hydrogens (primary N) is 1. The molecule has 0 spiro atoms. The van der Waals surface area contributed by atoms with Crippen LogP contribution in [0.15, 0.2) is 54.7 Å². The number of carbonyl (C=O) groups is 3. The fourth-order valence-electron chi connectivity index (χ4n) is 4.19. The van der Waals surface area contributed by atoms with E-state index in [1.54, 1.807) is 38.1 Å². The summed E-state index contributed by atoms with van der Waals surface area (Å²) in [5.41, 5.74) is 6.35. The Hall–Kier alpha value is -3.92. The summed E-state index contributed by atoms with van der Waals surface area (Å²) >= 11 is 0. The maximum absolute atomic E-state index is 14.0. The molecule has 9 nitrogen and oxygen atoms in total. The van der Waals surface area contributed by atoms with Crippen molar-refractivity contribution in [3.05, 3.63) is 71.8 Å². The number of aromatic nitrogens is 2. The molecular weight excluding hydrogens is 491 g/mol. The fraction of sp³-hybridized carbons (Fsp3) is 0.393. The molecule has 0 saturated heterocycles. The van der Waals surface area contributed by atoms with Crippen LogP contribution in [0.4, 0.5) is 4.39 Å². The normalized spacial score (nSPS) is 13.9. The van der Waals surface area contributed by atoms with Crippen molar-refractivity contribution >= 4 is 28.8 Å². The van der Waals surface area contributed by atoms with Crippen LogP contribution in [-0.2, 0) is 20.7 Å². The second-order valence-corrected chi connectivity index (χ2v) is 9.99. The molecule has 0 saturated carbocycles. The van der Waals surface area contributed by atoms with Gasteiger partial charge in [0, 0.05) is 12.8 Å². The first-order valence-electron chi connectivity index (χ1n) is 12.4. The Morgan fingerprint density at radius 3 is 2.47 bits per heavy atom. The van der Waals surface area contributed by atoms with Crippen LogP contribution in [0.3, 0.4) is 0 Å². The number of para-hydroxylation sites is 2. The van der Waals surface area contributed by atoms with Crippen LogP contribution in [0.1, 0.15) is 56.1 Å². The molecule has 2 aromatic carbocycles. The summed E-state index contributed by atoms with van der Waals surface area (Å²) in [6.07, 6.45) is 0.975. The molecule has 2 unspecified atom stereocenters. The summed E-state index contributed by atoms with van der Waals surface area (Å²) in [4.78, 5) is 46.3. The highest BCUT2D eigenvalue weighted by molar-refractivity contribution is 5.94. The van der Waals surface area contributed by atoms with Gasteiger partial charge in [-0.25, -0.2) is 9.37 Å². The molecular formula is C28H33FN4O5. The number of nitrogens with zero attached hydrogens (tertiary/aromatic N) is 2. The molecule has 38 heavy (non-hydrogen) atoms. The monoisotopic (exact) mass is 524 g/mol. The molecule has 4 N–H and O–H groups in total. The van der Waals surface area contributed by atoms with E-state index in [-0.39, 0.29) is 31.4 Å². The zero-order valence-electron chi connectivity index (χ0n) is 21.7. The lowest BCUT2D eigenvalue weighted by atomic mass is 9.87. The summed E-state index contributed by atoms with van der Waals surface area (Å²) in [6, 6.07) is 12.1. The number of amides is 2. The number of benzene rings is 2. The first-order valence-corrected chi connectivity index (χ1v) is 12.4. The predicted molar refractivity (Wildman–Crippen MR) is 139 cm³/mol. The number of hydrogen-bond donors (Lipinski definition) is 3. The van der Waals surface area contributed by atoms with Gasteiger partial charge >= 0.3 is 5.97 Å². The van der Waals surface area contributed by atoms with Gasteiger partial charge in [0.05, 0.1) is 28.9 Å². The maximum atomic E-state index is 14.0. The Morgan fingerprint density at radius 2 is 1.84 bits per heavy atom. The smallest absolute Gasteiger partial charge is 0.302 e. The Labute approximate surface area is 220 Å². The molecule has 0 aliphatic heterocycles. The molecule has 0 bridgehead atoms. The molecule has 2 amide bonds. The van der Waals surface area contributed by atoms with Crippen LogP contribution in [0.25, 0.3) is 11.0 Å². The minimum absolute atomic E-state index is 0.00530. The molecule has 3 rings (SSSR count). The minimum Gasteiger partial charge on any atom is -0.460 e. The number of carbonyl (C=O) groups excluding carboxylic acids is 3. The Kier molecular flexibility index (Phi) is 9.46. The number of primary amides is 1. The van der Waals surface area contributed by atoms with Gasteiger partial charge in [0.2, 0.25) is 5.91 Å². The van der Waals surface area contributed by atoms with E-state index in [4.69, 9.17) is 10.5 Å². The molecule has 1 aromatic heterocycles. The number of halogens is 1. The van der Waals surface area contributed by atoms with Gasteiger partial charge in [0.15, 0.2) is 0 Å². The van der Waals surface area contributed by atoms with Gasteiger partial charge in [-0.2, -0.15) is 0 Å². The Balaban J connectivity index is 1.93. The molecule has 202 valence electrons. The Bertz CT molecular complexity index is 1290.